The molecule has 1 aromatic carbocycles. The summed E-state index contributed by atoms with van der Waals surface area (Å²) in [5.41, 5.74) is 1.05. The average Bonchev–Trinajstić information content (AvgIpc) is 2.27. The van der Waals surface area contributed by atoms with E-state index in [0.717, 1.165) is 5.56 Å². The molecule has 0 amide bonds. The van der Waals surface area contributed by atoms with E-state index in [4.69, 9.17) is 11.6 Å². The van der Waals surface area contributed by atoms with Crippen LogP contribution in [0.3, 0.4) is 0 Å². The van der Waals surface area contributed by atoms with Gasteiger partial charge in [-0.15, -0.1) is 12.4 Å². The fourth-order valence-electron chi connectivity index (χ4n) is 1.30. The summed E-state index contributed by atoms with van der Waals surface area (Å²) in [4.78, 5) is 11.3. The van der Waals surface area contributed by atoms with Crippen LogP contribution in [0.2, 0.25) is 5.02 Å². The van der Waals surface area contributed by atoms with Gasteiger partial charge in [-0.25, -0.2) is 0 Å². The van der Waals surface area contributed by atoms with Crippen LogP contribution < -0.4 is 5.32 Å². The smallest absolute Gasteiger partial charge is 0.323 e. The Morgan fingerprint density at radius 3 is 2.44 bits per heavy atom. The van der Waals surface area contributed by atoms with E-state index in [1.165, 1.54) is 7.11 Å². The SMILES string of the molecule is CN[C@H](Cc1ccc(Cl)cc1)C(=O)OC.Cl. The lowest BCUT2D eigenvalue weighted by molar-refractivity contribution is -0.142. The van der Waals surface area contributed by atoms with Crippen molar-refractivity contribution < 1.29 is 9.53 Å². The molecule has 0 spiro atoms. The summed E-state index contributed by atoms with van der Waals surface area (Å²) in [5.74, 6) is -0.257. The van der Waals surface area contributed by atoms with Crippen molar-refractivity contribution in [3.63, 3.8) is 0 Å². The van der Waals surface area contributed by atoms with Crippen LogP contribution in [-0.4, -0.2) is 26.2 Å². The molecule has 0 saturated heterocycles. The van der Waals surface area contributed by atoms with Gasteiger partial charge in [0, 0.05) is 5.02 Å². The van der Waals surface area contributed by atoms with E-state index in [1.54, 1.807) is 19.2 Å². The molecule has 0 aliphatic rings. The summed E-state index contributed by atoms with van der Waals surface area (Å²) in [7, 11) is 3.12. The van der Waals surface area contributed by atoms with Gasteiger partial charge < -0.3 is 10.1 Å². The minimum absolute atomic E-state index is 0. The molecule has 0 fully saturated rings. The largest absolute Gasteiger partial charge is 0.468 e. The zero-order valence-corrected chi connectivity index (χ0v) is 10.8. The molecule has 90 valence electrons. The van der Waals surface area contributed by atoms with Gasteiger partial charge in [0.25, 0.3) is 0 Å². The Balaban J connectivity index is 0.00000225. The normalized spacial score (nSPS) is 11.4. The lowest BCUT2D eigenvalue weighted by Crippen LogP contribution is -2.36. The van der Waals surface area contributed by atoms with Gasteiger partial charge >= 0.3 is 5.97 Å². The highest BCUT2D eigenvalue weighted by atomic mass is 35.5. The number of hydrogen-bond donors (Lipinski definition) is 1. The molecule has 0 radical (unpaired) electrons. The topological polar surface area (TPSA) is 38.3 Å². The first-order valence-electron chi connectivity index (χ1n) is 4.67. The Bertz CT molecular complexity index is 327. The van der Waals surface area contributed by atoms with Gasteiger partial charge in [-0.1, -0.05) is 23.7 Å². The average molecular weight is 264 g/mol. The van der Waals surface area contributed by atoms with Crippen molar-refractivity contribution in [2.75, 3.05) is 14.2 Å². The van der Waals surface area contributed by atoms with E-state index < -0.39 is 0 Å². The fraction of sp³-hybridized carbons (Fsp3) is 0.364. The lowest BCUT2D eigenvalue weighted by atomic mass is 10.1. The molecule has 1 atom stereocenters. The highest BCUT2D eigenvalue weighted by Gasteiger charge is 2.16. The number of likely N-dealkylation sites (N-methyl/N-ethyl adjacent to an activating group) is 1. The van der Waals surface area contributed by atoms with Gasteiger partial charge in [0.15, 0.2) is 0 Å². The molecule has 0 aliphatic heterocycles. The number of benzene rings is 1. The number of nitrogens with one attached hydrogen (secondary N) is 1. The van der Waals surface area contributed by atoms with Crippen LogP contribution in [0.4, 0.5) is 0 Å². The summed E-state index contributed by atoms with van der Waals surface area (Å²) >= 11 is 5.76. The first-order valence-corrected chi connectivity index (χ1v) is 5.04. The first-order chi connectivity index (χ1) is 7.17. The Hall–Kier alpha value is -0.770. The molecule has 5 heteroatoms. The van der Waals surface area contributed by atoms with E-state index in [-0.39, 0.29) is 24.4 Å². The fourth-order valence-corrected chi connectivity index (χ4v) is 1.43. The second-order valence-electron chi connectivity index (χ2n) is 3.20. The summed E-state index contributed by atoms with van der Waals surface area (Å²) in [6.07, 6.45) is 0.598. The van der Waals surface area contributed by atoms with Crippen molar-refractivity contribution in [2.45, 2.75) is 12.5 Å². The van der Waals surface area contributed by atoms with Gasteiger partial charge in [-0.05, 0) is 31.2 Å². The maximum absolute atomic E-state index is 11.3. The third kappa shape index (κ3) is 4.39. The molecule has 16 heavy (non-hydrogen) atoms. The number of carbonyl (C=O) groups is 1. The molecule has 0 saturated carbocycles. The Morgan fingerprint density at radius 2 is 2.00 bits per heavy atom. The zero-order valence-electron chi connectivity index (χ0n) is 9.20. The molecular weight excluding hydrogens is 249 g/mol. The van der Waals surface area contributed by atoms with Gasteiger partial charge in [-0.3, -0.25) is 4.79 Å². The number of esters is 1. The lowest BCUT2D eigenvalue weighted by Gasteiger charge is -2.13. The molecule has 1 rings (SSSR count). The molecule has 0 aromatic heterocycles. The zero-order chi connectivity index (χ0) is 11.3. The van der Waals surface area contributed by atoms with Crippen LogP contribution >= 0.6 is 24.0 Å². The Labute approximate surface area is 107 Å². The number of carbonyl (C=O) groups excluding carboxylic acids is 1. The molecule has 0 heterocycles. The third-order valence-electron chi connectivity index (χ3n) is 2.19. The predicted molar refractivity (Wildman–Crippen MR) is 67.3 cm³/mol. The van der Waals surface area contributed by atoms with Gasteiger partial charge in [-0.2, -0.15) is 0 Å². The summed E-state index contributed by atoms with van der Waals surface area (Å²) in [6.45, 7) is 0. The highest BCUT2D eigenvalue weighted by molar-refractivity contribution is 6.30. The Kier molecular flexibility index (Phi) is 7.13. The summed E-state index contributed by atoms with van der Waals surface area (Å²) < 4.78 is 4.67. The number of hydrogen-bond acceptors (Lipinski definition) is 3. The van der Waals surface area contributed by atoms with Crippen LogP contribution in [0.15, 0.2) is 24.3 Å². The molecule has 3 nitrogen and oxygen atoms in total. The van der Waals surface area contributed by atoms with Crippen molar-refractivity contribution in [2.24, 2.45) is 0 Å². The summed E-state index contributed by atoms with van der Waals surface area (Å²) in [6, 6.07) is 7.10. The van der Waals surface area contributed by atoms with Crippen LogP contribution in [0.25, 0.3) is 0 Å². The second-order valence-corrected chi connectivity index (χ2v) is 3.63. The number of halogens is 2. The van der Waals surface area contributed by atoms with E-state index in [9.17, 15) is 4.79 Å². The maximum Gasteiger partial charge on any atom is 0.323 e. The molecule has 1 aromatic rings. The quantitative estimate of drug-likeness (QED) is 0.846. The Morgan fingerprint density at radius 1 is 1.44 bits per heavy atom. The van der Waals surface area contributed by atoms with Crippen molar-refractivity contribution >= 4 is 30.0 Å². The highest BCUT2D eigenvalue weighted by Crippen LogP contribution is 2.11. The first kappa shape index (κ1) is 15.2. The van der Waals surface area contributed by atoms with Crippen LogP contribution in [0.1, 0.15) is 5.56 Å². The van der Waals surface area contributed by atoms with E-state index in [2.05, 4.69) is 10.1 Å². The molecule has 0 aliphatic carbocycles. The van der Waals surface area contributed by atoms with Gasteiger partial charge in [0.05, 0.1) is 7.11 Å². The third-order valence-corrected chi connectivity index (χ3v) is 2.44. The predicted octanol–water partition coefficient (Wildman–Crippen LogP) is 2.07. The molecule has 0 bridgehead atoms. The summed E-state index contributed by atoms with van der Waals surface area (Å²) in [5, 5.41) is 3.60. The molecule has 0 unspecified atom stereocenters. The minimum Gasteiger partial charge on any atom is -0.468 e. The molecular formula is C11H15Cl2NO2. The standard InChI is InChI=1S/C11H14ClNO2.ClH/c1-13-10(11(14)15-2)7-8-3-5-9(12)6-4-8;/h3-6,10,13H,7H2,1-2H3;1H/t10-;/m1./s1. The minimum atomic E-state index is -0.309. The van der Waals surface area contributed by atoms with Gasteiger partial charge in [0.2, 0.25) is 0 Å². The van der Waals surface area contributed by atoms with Gasteiger partial charge in [0.1, 0.15) is 6.04 Å². The van der Waals surface area contributed by atoms with Crippen LogP contribution in [0, 0.1) is 0 Å². The maximum atomic E-state index is 11.3. The van der Waals surface area contributed by atoms with Crippen LogP contribution in [0.5, 0.6) is 0 Å². The number of methoxy groups -OCH3 is 1. The van der Waals surface area contributed by atoms with E-state index >= 15 is 0 Å². The molecule has 1 N–H and O–H groups in total. The van der Waals surface area contributed by atoms with E-state index in [1.807, 2.05) is 12.1 Å². The second kappa shape index (κ2) is 7.49. The van der Waals surface area contributed by atoms with Crippen molar-refractivity contribution in [1.29, 1.82) is 0 Å². The van der Waals surface area contributed by atoms with Crippen molar-refractivity contribution in [3.05, 3.63) is 34.9 Å². The van der Waals surface area contributed by atoms with Crippen molar-refractivity contribution in [1.82, 2.24) is 5.32 Å². The number of rotatable bonds is 4. The number of ether oxygens (including phenoxy) is 1. The van der Waals surface area contributed by atoms with E-state index in [0.29, 0.717) is 11.4 Å². The van der Waals surface area contributed by atoms with Crippen molar-refractivity contribution in [3.8, 4) is 0 Å². The van der Waals surface area contributed by atoms with Crippen LogP contribution in [-0.2, 0) is 16.0 Å². The monoisotopic (exact) mass is 263 g/mol.